The summed E-state index contributed by atoms with van der Waals surface area (Å²) in [5.74, 6) is -0.337. The minimum absolute atomic E-state index is 0.112. The third-order valence-electron chi connectivity index (χ3n) is 3.72. The third-order valence-corrected chi connectivity index (χ3v) is 3.72. The predicted octanol–water partition coefficient (Wildman–Crippen LogP) is 1.81. The molecule has 1 aliphatic heterocycles. The lowest BCUT2D eigenvalue weighted by molar-refractivity contribution is -0.146. The van der Waals surface area contributed by atoms with Gasteiger partial charge in [-0.3, -0.25) is 4.79 Å². The number of carbonyl (C=O) groups is 2. The van der Waals surface area contributed by atoms with Crippen LogP contribution in [0.25, 0.3) is 0 Å². The first-order chi connectivity index (χ1) is 8.08. The predicted molar refractivity (Wildman–Crippen MR) is 63.5 cm³/mol. The fraction of sp³-hybridized carbons (Fsp3) is 0.692. The van der Waals surface area contributed by atoms with Gasteiger partial charge < -0.3 is 10.0 Å². The molecule has 0 bridgehead atoms. The van der Waals surface area contributed by atoms with E-state index in [4.69, 9.17) is 5.11 Å². The van der Waals surface area contributed by atoms with E-state index in [2.05, 4.69) is 6.92 Å². The Bertz CT molecular complexity index is 362. The number of rotatable bonds is 2. The number of hydrogen-bond donors (Lipinski definition) is 1. The zero-order chi connectivity index (χ0) is 12.4. The Balaban J connectivity index is 2.02. The monoisotopic (exact) mass is 237 g/mol. The van der Waals surface area contributed by atoms with Gasteiger partial charge in [-0.25, -0.2) is 4.79 Å². The minimum atomic E-state index is -0.881. The van der Waals surface area contributed by atoms with Gasteiger partial charge in [0, 0.05) is 12.6 Å². The summed E-state index contributed by atoms with van der Waals surface area (Å²) in [5, 5.41) is 9.02. The van der Waals surface area contributed by atoms with Gasteiger partial charge in [0.25, 0.3) is 0 Å². The van der Waals surface area contributed by atoms with Gasteiger partial charge in [-0.15, -0.1) is 0 Å². The zero-order valence-electron chi connectivity index (χ0n) is 10.2. The van der Waals surface area contributed by atoms with Crippen LogP contribution < -0.4 is 0 Å². The second kappa shape index (κ2) is 4.90. The maximum Gasteiger partial charge on any atom is 0.326 e. The maximum absolute atomic E-state index is 12.0. The van der Waals surface area contributed by atoms with E-state index in [1.807, 2.05) is 0 Å². The van der Waals surface area contributed by atoms with E-state index in [1.54, 1.807) is 6.08 Å². The van der Waals surface area contributed by atoms with Crippen molar-refractivity contribution in [2.45, 2.75) is 45.1 Å². The van der Waals surface area contributed by atoms with Crippen molar-refractivity contribution in [1.29, 1.82) is 0 Å². The molecule has 17 heavy (non-hydrogen) atoms. The van der Waals surface area contributed by atoms with Crippen molar-refractivity contribution in [2.24, 2.45) is 5.92 Å². The van der Waals surface area contributed by atoms with Crippen LogP contribution in [0.4, 0.5) is 0 Å². The van der Waals surface area contributed by atoms with Crippen molar-refractivity contribution in [3.63, 3.8) is 0 Å². The number of carboxylic acid groups (broad SMARTS) is 1. The summed E-state index contributed by atoms with van der Waals surface area (Å²) in [5.41, 5.74) is 1.18. The van der Waals surface area contributed by atoms with Crippen LogP contribution in [0.1, 0.15) is 39.0 Å². The van der Waals surface area contributed by atoms with E-state index in [0.29, 0.717) is 18.9 Å². The highest BCUT2D eigenvalue weighted by Crippen LogP contribution is 2.30. The first kappa shape index (κ1) is 12.1. The summed E-state index contributed by atoms with van der Waals surface area (Å²) in [6, 6.07) is -0.613. The van der Waals surface area contributed by atoms with Crippen LogP contribution in [-0.2, 0) is 9.59 Å². The van der Waals surface area contributed by atoms with Crippen LogP contribution in [0.3, 0.4) is 0 Å². The Morgan fingerprint density at radius 1 is 1.41 bits per heavy atom. The van der Waals surface area contributed by atoms with E-state index in [0.717, 1.165) is 25.7 Å². The lowest BCUT2D eigenvalue weighted by atomic mass is 10.1. The summed E-state index contributed by atoms with van der Waals surface area (Å²) in [4.78, 5) is 24.5. The molecule has 1 amide bonds. The number of carboxylic acids is 1. The molecule has 4 heteroatoms. The fourth-order valence-electron chi connectivity index (χ4n) is 2.76. The highest BCUT2D eigenvalue weighted by molar-refractivity contribution is 5.92. The highest BCUT2D eigenvalue weighted by Gasteiger charge is 2.33. The van der Waals surface area contributed by atoms with Crippen LogP contribution in [0.2, 0.25) is 0 Å². The van der Waals surface area contributed by atoms with Crippen LogP contribution in [0.15, 0.2) is 11.6 Å². The third kappa shape index (κ3) is 2.68. The second-order valence-corrected chi connectivity index (χ2v) is 5.18. The van der Waals surface area contributed by atoms with Crippen molar-refractivity contribution in [1.82, 2.24) is 4.90 Å². The average Bonchev–Trinajstić information content (AvgIpc) is 2.86. The van der Waals surface area contributed by atoms with E-state index < -0.39 is 12.0 Å². The topological polar surface area (TPSA) is 57.6 Å². The van der Waals surface area contributed by atoms with Crippen molar-refractivity contribution in [3.05, 3.63) is 11.6 Å². The van der Waals surface area contributed by atoms with Crippen LogP contribution in [0, 0.1) is 5.92 Å². The number of amides is 1. The molecule has 0 aromatic heterocycles. The minimum Gasteiger partial charge on any atom is -0.480 e. The number of likely N-dealkylation sites (tertiary alicyclic amines) is 1. The van der Waals surface area contributed by atoms with E-state index in [9.17, 15) is 9.59 Å². The molecule has 2 fully saturated rings. The van der Waals surface area contributed by atoms with Crippen molar-refractivity contribution in [3.8, 4) is 0 Å². The van der Waals surface area contributed by atoms with Crippen LogP contribution >= 0.6 is 0 Å². The quantitative estimate of drug-likeness (QED) is 0.745. The summed E-state index contributed by atoms with van der Waals surface area (Å²) in [7, 11) is 0. The molecule has 2 unspecified atom stereocenters. The number of allylic oxidation sites excluding steroid dienone is 1. The lowest BCUT2D eigenvalue weighted by Gasteiger charge is -2.19. The molecule has 1 saturated heterocycles. The van der Waals surface area contributed by atoms with Crippen molar-refractivity contribution in [2.75, 3.05) is 6.54 Å². The summed E-state index contributed by atoms with van der Waals surface area (Å²) < 4.78 is 0. The van der Waals surface area contributed by atoms with Gasteiger partial charge in [0.2, 0.25) is 5.91 Å². The standard InChI is InChI=1S/C13H19NO3/c1-9-4-5-10(7-9)8-12(15)14-6-2-3-11(14)13(16)17/h8-9,11H,2-7H2,1H3,(H,16,17). The number of aliphatic carboxylic acids is 1. The Labute approximate surface area is 101 Å². The average molecular weight is 237 g/mol. The molecule has 94 valence electrons. The molecule has 1 N–H and O–H groups in total. The number of nitrogens with zero attached hydrogens (tertiary/aromatic N) is 1. The smallest absolute Gasteiger partial charge is 0.326 e. The molecule has 1 heterocycles. The molecule has 0 spiro atoms. The van der Waals surface area contributed by atoms with E-state index >= 15 is 0 Å². The van der Waals surface area contributed by atoms with Gasteiger partial charge in [0.15, 0.2) is 0 Å². The number of hydrogen-bond acceptors (Lipinski definition) is 2. The highest BCUT2D eigenvalue weighted by atomic mass is 16.4. The second-order valence-electron chi connectivity index (χ2n) is 5.18. The molecule has 1 aliphatic carbocycles. The summed E-state index contributed by atoms with van der Waals surface area (Å²) in [6.45, 7) is 2.76. The van der Waals surface area contributed by atoms with Gasteiger partial charge in [-0.2, -0.15) is 0 Å². The molecule has 4 nitrogen and oxygen atoms in total. The van der Waals surface area contributed by atoms with E-state index in [1.165, 1.54) is 10.5 Å². The lowest BCUT2D eigenvalue weighted by Crippen LogP contribution is -2.39. The van der Waals surface area contributed by atoms with Crippen LogP contribution in [0.5, 0.6) is 0 Å². The van der Waals surface area contributed by atoms with Crippen molar-refractivity contribution < 1.29 is 14.7 Å². The van der Waals surface area contributed by atoms with Crippen LogP contribution in [-0.4, -0.2) is 34.5 Å². The largest absolute Gasteiger partial charge is 0.480 e. The van der Waals surface area contributed by atoms with Gasteiger partial charge >= 0.3 is 5.97 Å². The zero-order valence-corrected chi connectivity index (χ0v) is 10.2. The molecule has 2 aliphatic rings. The molecule has 2 rings (SSSR count). The fourth-order valence-corrected chi connectivity index (χ4v) is 2.76. The molecular weight excluding hydrogens is 218 g/mol. The Morgan fingerprint density at radius 3 is 2.76 bits per heavy atom. The molecular formula is C13H19NO3. The SMILES string of the molecule is CC1CCC(=CC(=O)N2CCCC2C(=O)O)C1. The molecule has 1 saturated carbocycles. The summed E-state index contributed by atoms with van der Waals surface area (Å²) in [6.07, 6.45) is 6.16. The summed E-state index contributed by atoms with van der Waals surface area (Å²) >= 11 is 0. The first-order valence-corrected chi connectivity index (χ1v) is 6.31. The van der Waals surface area contributed by atoms with Gasteiger partial charge in [-0.1, -0.05) is 12.5 Å². The normalized spacial score (nSPS) is 31.1. The van der Waals surface area contributed by atoms with Gasteiger partial charge in [-0.05, 0) is 38.0 Å². The first-order valence-electron chi connectivity index (χ1n) is 6.31. The van der Waals surface area contributed by atoms with E-state index in [-0.39, 0.29) is 5.91 Å². The molecule has 0 aromatic rings. The molecule has 0 aromatic carbocycles. The Morgan fingerprint density at radius 2 is 2.18 bits per heavy atom. The molecule has 0 radical (unpaired) electrons. The Kier molecular flexibility index (Phi) is 3.50. The van der Waals surface area contributed by atoms with Crippen molar-refractivity contribution >= 4 is 11.9 Å². The Hall–Kier alpha value is -1.32. The van der Waals surface area contributed by atoms with Gasteiger partial charge in [0.05, 0.1) is 0 Å². The maximum atomic E-state index is 12.0. The number of carbonyl (C=O) groups excluding carboxylic acids is 1. The van der Waals surface area contributed by atoms with Gasteiger partial charge in [0.1, 0.15) is 6.04 Å². The molecule has 2 atom stereocenters.